The Morgan fingerprint density at radius 3 is 2.79 bits per heavy atom. The Labute approximate surface area is 174 Å². The van der Waals surface area contributed by atoms with Gasteiger partial charge in [0.05, 0.1) is 6.04 Å². The Hall–Kier alpha value is -2.80. The van der Waals surface area contributed by atoms with Crippen LogP contribution in [0.3, 0.4) is 0 Å². The molecule has 0 spiro atoms. The molecule has 4 aromatic rings. The van der Waals surface area contributed by atoms with Crippen LogP contribution >= 0.6 is 11.8 Å². The molecule has 1 N–H and O–H groups in total. The molecule has 0 saturated heterocycles. The van der Waals surface area contributed by atoms with Gasteiger partial charge in [-0.25, -0.2) is 0 Å². The number of hydrogen-bond acceptors (Lipinski definition) is 4. The van der Waals surface area contributed by atoms with Gasteiger partial charge in [-0.1, -0.05) is 12.1 Å². The second-order valence-electron chi connectivity index (χ2n) is 7.38. The predicted molar refractivity (Wildman–Crippen MR) is 119 cm³/mol. The van der Waals surface area contributed by atoms with Gasteiger partial charge in [-0.2, -0.15) is 11.8 Å². The summed E-state index contributed by atoms with van der Waals surface area (Å²) < 4.78 is 4.13. The molecule has 0 fully saturated rings. The van der Waals surface area contributed by atoms with Gasteiger partial charge in [-0.15, -0.1) is 10.2 Å². The predicted octanol–water partition coefficient (Wildman–Crippen LogP) is 4.49. The summed E-state index contributed by atoms with van der Waals surface area (Å²) in [4.78, 5) is 13.1. The number of nitrogens with zero attached hydrogens (tertiary/aromatic N) is 4. The molecule has 0 unspecified atom stereocenters. The van der Waals surface area contributed by atoms with Crippen molar-refractivity contribution >= 4 is 34.2 Å². The highest BCUT2D eigenvalue weighted by Crippen LogP contribution is 2.23. The fourth-order valence-electron chi connectivity index (χ4n) is 3.58. The van der Waals surface area contributed by atoms with Crippen molar-refractivity contribution in [1.82, 2.24) is 24.5 Å². The van der Waals surface area contributed by atoms with E-state index in [-0.39, 0.29) is 11.9 Å². The lowest BCUT2D eigenvalue weighted by Gasteiger charge is -2.17. The van der Waals surface area contributed by atoms with Gasteiger partial charge in [0.1, 0.15) is 0 Å². The van der Waals surface area contributed by atoms with Crippen LogP contribution in [0.4, 0.5) is 0 Å². The topological polar surface area (TPSA) is 64.2 Å². The number of carbonyl (C=O) groups excluding carboxylic acids is 1. The van der Waals surface area contributed by atoms with E-state index in [1.54, 1.807) is 11.8 Å². The molecular formula is C22H25N5OS. The summed E-state index contributed by atoms with van der Waals surface area (Å²) in [6.45, 7) is 4.28. The minimum absolute atomic E-state index is 0.0952. The Morgan fingerprint density at radius 1 is 1.14 bits per heavy atom. The van der Waals surface area contributed by atoms with Crippen LogP contribution in [0.1, 0.15) is 48.5 Å². The smallest absolute Gasteiger partial charge is 0.251 e. The van der Waals surface area contributed by atoms with Gasteiger partial charge in [-0.3, -0.25) is 9.20 Å². The molecule has 3 heterocycles. The Kier molecular flexibility index (Phi) is 5.58. The zero-order valence-corrected chi connectivity index (χ0v) is 17.7. The summed E-state index contributed by atoms with van der Waals surface area (Å²) in [7, 11) is 0. The first-order chi connectivity index (χ1) is 14.1. The number of hydrogen-bond donors (Lipinski definition) is 1. The van der Waals surface area contributed by atoms with Crippen LogP contribution in [-0.2, 0) is 0 Å². The lowest BCUT2D eigenvalue weighted by molar-refractivity contribution is 0.0934. The van der Waals surface area contributed by atoms with Gasteiger partial charge in [0, 0.05) is 29.5 Å². The number of thioether (sulfide) groups is 1. The monoisotopic (exact) mass is 407 g/mol. The van der Waals surface area contributed by atoms with E-state index >= 15 is 0 Å². The zero-order chi connectivity index (χ0) is 20.4. The van der Waals surface area contributed by atoms with E-state index in [0.29, 0.717) is 11.6 Å². The van der Waals surface area contributed by atoms with E-state index in [1.807, 2.05) is 47.0 Å². The molecule has 29 heavy (non-hydrogen) atoms. The highest BCUT2D eigenvalue weighted by Gasteiger charge is 2.21. The van der Waals surface area contributed by atoms with Crippen LogP contribution in [-0.4, -0.2) is 37.1 Å². The van der Waals surface area contributed by atoms with Crippen LogP contribution in [0.25, 0.3) is 16.6 Å². The summed E-state index contributed by atoms with van der Waals surface area (Å²) in [5.74, 6) is 1.58. The Morgan fingerprint density at radius 2 is 2.00 bits per heavy atom. The molecule has 150 valence electrons. The summed E-state index contributed by atoms with van der Waals surface area (Å²) in [5.41, 5.74) is 2.50. The molecule has 0 aliphatic carbocycles. The van der Waals surface area contributed by atoms with Gasteiger partial charge >= 0.3 is 0 Å². The van der Waals surface area contributed by atoms with Crippen molar-refractivity contribution in [3.63, 3.8) is 0 Å². The molecular weight excluding hydrogens is 382 g/mol. The van der Waals surface area contributed by atoms with E-state index in [1.165, 1.54) is 0 Å². The first-order valence-electron chi connectivity index (χ1n) is 9.78. The summed E-state index contributed by atoms with van der Waals surface area (Å²) >= 11 is 1.75. The largest absolute Gasteiger partial charge is 0.345 e. The second-order valence-corrected chi connectivity index (χ2v) is 8.37. The standard InChI is InChI=1S/C22H25N5OS/c1-15(2)26-12-9-16-7-8-17(14-19(16)26)22(28)23-18(10-13-29-3)21-25-24-20-6-4-5-11-27(20)21/h4-9,11-12,14-15,18H,10,13H2,1-3H3,(H,23,28)/t18-/m0/s1. The lowest BCUT2D eigenvalue weighted by Crippen LogP contribution is -2.30. The number of amides is 1. The fourth-order valence-corrected chi connectivity index (χ4v) is 4.05. The molecule has 4 rings (SSSR count). The zero-order valence-electron chi connectivity index (χ0n) is 16.9. The molecule has 1 amide bonds. The van der Waals surface area contributed by atoms with Crippen LogP contribution in [0, 0.1) is 0 Å². The highest BCUT2D eigenvalue weighted by molar-refractivity contribution is 7.98. The third kappa shape index (κ3) is 3.87. The SMILES string of the molecule is CSCC[C@H](NC(=O)c1ccc2ccn(C(C)C)c2c1)c1nnc2ccccn12. The molecule has 0 radical (unpaired) electrons. The van der Waals surface area contributed by atoms with Gasteiger partial charge in [-0.05, 0) is 68.0 Å². The van der Waals surface area contributed by atoms with Gasteiger partial charge < -0.3 is 9.88 Å². The molecule has 3 aromatic heterocycles. The third-order valence-electron chi connectivity index (χ3n) is 5.11. The minimum Gasteiger partial charge on any atom is -0.345 e. The maximum Gasteiger partial charge on any atom is 0.251 e. The lowest BCUT2D eigenvalue weighted by atomic mass is 10.1. The number of aromatic nitrogens is 4. The number of nitrogens with one attached hydrogen (secondary N) is 1. The van der Waals surface area contributed by atoms with Crippen molar-refractivity contribution in [2.24, 2.45) is 0 Å². The molecule has 0 saturated carbocycles. The highest BCUT2D eigenvalue weighted by atomic mass is 32.2. The average Bonchev–Trinajstić information content (AvgIpc) is 3.34. The van der Waals surface area contributed by atoms with Crippen LogP contribution in [0.5, 0.6) is 0 Å². The minimum atomic E-state index is -0.208. The Bertz CT molecular complexity index is 1150. The van der Waals surface area contributed by atoms with Crippen molar-refractivity contribution in [1.29, 1.82) is 0 Å². The van der Waals surface area contributed by atoms with E-state index in [2.05, 4.69) is 52.4 Å². The number of pyridine rings is 1. The second kappa shape index (κ2) is 8.29. The van der Waals surface area contributed by atoms with Gasteiger partial charge in [0.2, 0.25) is 0 Å². The first kappa shape index (κ1) is 19.5. The maximum atomic E-state index is 13.1. The normalized spacial score (nSPS) is 12.7. The van der Waals surface area contributed by atoms with Crippen molar-refractivity contribution in [2.75, 3.05) is 12.0 Å². The first-order valence-corrected chi connectivity index (χ1v) is 11.2. The van der Waals surface area contributed by atoms with E-state index < -0.39 is 0 Å². The quantitative estimate of drug-likeness (QED) is 0.490. The number of benzene rings is 1. The van der Waals surface area contributed by atoms with Crippen molar-refractivity contribution in [2.45, 2.75) is 32.4 Å². The van der Waals surface area contributed by atoms with E-state index in [9.17, 15) is 4.79 Å². The van der Waals surface area contributed by atoms with E-state index in [4.69, 9.17) is 0 Å². The van der Waals surface area contributed by atoms with Gasteiger partial charge in [0.15, 0.2) is 11.5 Å². The van der Waals surface area contributed by atoms with Crippen LogP contribution in [0.2, 0.25) is 0 Å². The van der Waals surface area contributed by atoms with Crippen LogP contribution < -0.4 is 5.32 Å². The van der Waals surface area contributed by atoms with Crippen molar-refractivity contribution in [3.8, 4) is 0 Å². The third-order valence-corrected chi connectivity index (χ3v) is 5.75. The summed E-state index contributed by atoms with van der Waals surface area (Å²) in [6, 6.07) is 13.9. The molecule has 1 atom stereocenters. The van der Waals surface area contributed by atoms with Crippen molar-refractivity contribution in [3.05, 3.63) is 66.2 Å². The molecule has 0 aliphatic heterocycles. The molecule has 7 heteroatoms. The van der Waals surface area contributed by atoms with Gasteiger partial charge in [0.25, 0.3) is 5.91 Å². The number of carbonyl (C=O) groups is 1. The maximum absolute atomic E-state index is 13.1. The van der Waals surface area contributed by atoms with E-state index in [0.717, 1.165) is 34.5 Å². The van der Waals surface area contributed by atoms with Crippen molar-refractivity contribution < 1.29 is 4.79 Å². The summed E-state index contributed by atoms with van der Waals surface area (Å²) in [5, 5.41) is 12.9. The number of rotatable bonds is 7. The number of fused-ring (bicyclic) bond motifs is 2. The summed E-state index contributed by atoms with van der Waals surface area (Å²) in [6.07, 6.45) is 6.85. The van der Waals surface area contributed by atoms with Crippen LogP contribution in [0.15, 0.2) is 54.9 Å². The molecule has 1 aromatic carbocycles. The molecule has 0 bridgehead atoms. The Balaban J connectivity index is 1.64. The molecule has 6 nitrogen and oxygen atoms in total. The average molecular weight is 408 g/mol. The molecule has 0 aliphatic rings. The fraction of sp³-hybridized carbons (Fsp3) is 0.318.